The predicted octanol–water partition coefficient (Wildman–Crippen LogP) is 2.01. The normalized spacial score (nSPS) is 10.2. The first-order valence-corrected chi connectivity index (χ1v) is 6.74. The monoisotopic (exact) mass is 311 g/mol. The highest BCUT2D eigenvalue weighted by Crippen LogP contribution is 2.19. The summed E-state index contributed by atoms with van der Waals surface area (Å²) in [6.07, 6.45) is 0. The van der Waals surface area contributed by atoms with Gasteiger partial charge in [-0.05, 0) is 18.2 Å². The van der Waals surface area contributed by atoms with E-state index in [9.17, 15) is 9.59 Å². The van der Waals surface area contributed by atoms with Crippen LogP contribution in [0.2, 0.25) is 5.02 Å². The van der Waals surface area contributed by atoms with E-state index < -0.39 is 5.97 Å². The number of thiazole rings is 1. The van der Waals surface area contributed by atoms with Gasteiger partial charge in [0, 0.05) is 10.9 Å². The zero-order valence-electron chi connectivity index (χ0n) is 10.1. The first-order chi connectivity index (χ1) is 9.47. The standard InChI is InChI=1S/C12H10ClN3O3S/c13-7-2-1-6(3-8(7)14)11(17)15-4-10-16-9(5-20-10)12(18)19/h1-3,5H,4,14H2,(H,15,17)(H,18,19). The van der Waals surface area contributed by atoms with Crippen LogP contribution in [0.3, 0.4) is 0 Å². The Morgan fingerprint density at radius 3 is 2.80 bits per heavy atom. The van der Waals surface area contributed by atoms with Gasteiger partial charge in [-0.25, -0.2) is 9.78 Å². The fourth-order valence-electron chi connectivity index (χ4n) is 1.43. The number of nitrogen functional groups attached to an aromatic ring is 1. The molecule has 1 aromatic carbocycles. The van der Waals surface area contributed by atoms with Crippen molar-refractivity contribution in [1.82, 2.24) is 10.3 Å². The summed E-state index contributed by atoms with van der Waals surface area (Å²) in [5, 5.41) is 13.7. The van der Waals surface area contributed by atoms with Gasteiger partial charge in [0.05, 0.1) is 17.3 Å². The highest BCUT2D eigenvalue weighted by atomic mass is 35.5. The summed E-state index contributed by atoms with van der Waals surface area (Å²) in [4.78, 5) is 26.4. The van der Waals surface area contributed by atoms with Crippen LogP contribution in [-0.4, -0.2) is 22.0 Å². The molecule has 1 heterocycles. The van der Waals surface area contributed by atoms with Crippen LogP contribution in [0, 0.1) is 0 Å². The van der Waals surface area contributed by atoms with E-state index >= 15 is 0 Å². The summed E-state index contributed by atoms with van der Waals surface area (Å²) in [6, 6.07) is 4.57. The van der Waals surface area contributed by atoms with Gasteiger partial charge in [-0.3, -0.25) is 4.79 Å². The third-order valence-electron chi connectivity index (χ3n) is 2.43. The number of rotatable bonds is 4. The van der Waals surface area contributed by atoms with E-state index in [2.05, 4.69) is 10.3 Å². The molecule has 20 heavy (non-hydrogen) atoms. The molecule has 0 saturated heterocycles. The Morgan fingerprint density at radius 1 is 1.45 bits per heavy atom. The van der Waals surface area contributed by atoms with Gasteiger partial charge in [0.1, 0.15) is 5.01 Å². The van der Waals surface area contributed by atoms with Crippen molar-refractivity contribution in [3.63, 3.8) is 0 Å². The van der Waals surface area contributed by atoms with E-state index in [1.54, 1.807) is 6.07 Å². The summed E-state index contributed by atoms with van der Waals surface area (Å²) < 4.78 is 0. The molecule has 0 aliphatic heterocycles. The molecule has 2 rings (SSSR count). The summed E-state index contributed by atoms with van der Waals surface area (Å²) in [5.41, 5.74) is 6.28. The molecular weight excluding hydrogens is 302 g/mol. The molecule has 1 aromatic heterocycles. The number of nitrogens with two attached hydrogens (primary N) is 1. The second-order valence-corrected chi connectivity index (χ2v) is 5.20. The molecule has 0 aliphatic rings. The maximum absolute atomic E-state index is 11.9. The Labute approximate surface area is 123 Å². The van der Waals surface area contributed by atoms with Gasteiger partial charge < -0.3 is 16.2 Å². The van der Waals surface area contributed by atoms with Gasteiger partial charge >= 0.3 is 5.97 Å². The van der Waals surface area contributed by atoms with Crippen LogP contribution in [0.25, 0.3) is 0 Å². The number of carboxylic acid groups (broad SMARTS) is 1. The molecule has 8 heteroatoms. The average molecular weight is 312 g/mol. The quantitative estimate of drug-likeness (QED) is 0.749. The lowest BCUT2D eigenvalue weighted by Gasteiger charge is -2.05. The number of aromatic carboxylic acids is 1. The Hall–Kier alpha value is -2.12. The van der Waals surface area contributed by atoms with Crippen molar-refractivity contribution in [3.8, 4) is 0 Å². The van der Waals surface area contributed by atoms with Gasteiger partial charge in [-0.1, -0.05) is 11.6 Å². The molecule has 0 fully saturated rings. The van der Waals surface area contributed by atoms with Gasteiger partial charge in [-0.2, -0.15) is 0 Å². The maximum atomic E-state index is 11.9. The zero-order valence-corrected chi connectivity index (χ0v) is 11.7. The fourth-order valence-corrected chi connectivity index (χ4v) is 2.26. The van der Waals surface area contributed by atoms with Crippen LogP contribution in [0.15, 0.2) is 23.6 Å². The number of nitrogens with one attached hydrogen (secondary N) is 1. The lowest BCUT2D eigenvalue weighted by Crippen LogP contribution is -2.22. The number of aromatic nitrogens is 1. The minimum absolute atomic E-state index is 0.0324. The van der Waals surface area contributed by atoms with Crippen molar-refractivity contribution >= 4 is 40.5 Å². The Bertz CT molecular complexity index is 672. The van der Waals surface area contributed by atoms with Crippen molar-refractivity contribution in [3.05, 3.63) is 44.9 Å². The van der Waals surface area contributed by atoms with Gasteiger partial charge in [0.2, 0.25) is 0 Å². The molecule has 0 radical (unpaired) electrons. The Kier molecular flexibility index (Phi) is 4.21. The number of benzene rings is 1. The number of halogens is 1. The number of hydrogen-bond acceptors (Lipinski definition) is 5. The third kappa shape index (κ3) is 3.25. The van der Waals surface area contributed by atoms with E-state index in [1.165, 1.54) is 28.8 Å². The van der Waals surface area contributed by atoms with Crippen molar-refractivity contribution in [2.24, 2.45) is 0 Å². The van der Waals surface area contributed by atoms with Crippen LogP contribution in [0.4, 0.5) is 5.69 Å². The molecule has 0 aliphatic carbocycles. The lowest BCUT2D eigenvalue weighted by atomic mass is 10.2. The van der Waals surface area contributed by atoms with Crippen molar-refractivity contribution in [1.29, 1.82) is 0 Å². The molecule has 0 unspecified atom stereocenters. The first kappa shape index (κ1) is 14.3. The number of carbonyl (C=O) groups excluding carboxylic acids is 1. The van der Waals surface area contributed by atoms with Crippen LogP contribution < -0.4 is 11.1 Å². The summed E-state index contributed by atoms with van der Waals surface area (Å²) in [6.45, 7) is 0.152. The summed E-state index contributed by atoms with van der Waals surface area (Å²) in [5.74, 6) is -1.43. The smallest absolute Gasteiger partial charge is 0.355 e. The molecule has 6 nitrogen and oxygen atoms in total. The highest BCUT2D eigenvalue weighted by molar-refractivity contribution is 7.09. The summed E-state index contributed by atoms with van der Waals surface area (Å²) >= 11 is 6.94. The third-order valence-corrected chi connectivity index (χ3v) is 3.62. The minimum atomic E-state index is -1.09. The van der Waals surface area contributed by atoms with E-state index in [1.807, 2.05) is 0 Å². The molecule has 1 amide bonds. The average Bonchev–Trinajstić information content (AvgIpc) is 2.88. The van der Waals surface area contributed by atoms with Crippen LogP contribution in [-0.2, 0) is 6.54 Å². The number of nitrogens with zero attached hydrogens (tertiary/aromatic N) is 1. The van der Waals surface area contributed by atoms with Crippen LogP contribution in [0.1, 0.15) is 25.9 Å². The lowest BCUT2D eigenvalue weighted by molar-refractivity contribution is 0.0691. The molecule has 0 spiro atoms. The number of carbonyl (C=O) groups is 2. The Morgan fingerprint density at radius 2 is 2.20 bits per heavy atom. The number of carboxylic acids is 1. The number of hydrogen-bond donors (Lipinski definition) is 3. The SMILES string of the molecule is Nc1cc(C(=O)NCc2nc(C(=O)O)cs2)ccc1Cl. The van der Waals surface area contributed by atoms with Gasteiger partial charge in [0.15, 0.2) is 5.69 Å². The van der Waals surface area contributed by atoms with E-state index in [-0.39, 0.29) is 18.1 Å². The molecule has 0 saturated carbocycles. The molecule has 4 N–H and O–H groups in total. The molecule has 0 atom stereocenters. The topological polar surface area (TPSA) is 105 Å². The molecule has 0 bridgehead atoms. The second-order valence-electron chi connectivity index (χ2n) is 3.85. The number of amides is 1. The van der Waals surface area contributed by atoms with Crippen LogP contribution in [0.5, 0.6) is 0 Å². The molecule has 104 valence electrons. The van der Waals surface area contributed by atoms with Crippen LogP contribution >= 0.6 is 22.9 Å². The summed E-state index contributed by atoms with van der Waals surface area (Å²) in [7, 11) is 0. The van der Waals surface area contributed by atoms with Gasteiger partial charge in [-0.15, -0.1) is 11.3 Å². The Balaban J connectivity index is 2.00. The second kappa shape index (κ2) is 5.89. The highest BCUT2D eigenvalue weighted by Gasteiger charge is 2.11. The van der Waals surface area contributed by atoms with E-state index in [0.717, 1.165) is 0 Å². The first-order valence-electron chi connectivity index (χ1n) is 5.48. The maximum Gasteiger partial charge on any atom is 0.355 e. The van der Waals surface area contributed by atoms with Crippen molar-refractivity contribution in [2.75, 3.05) is 5.73 Å². The molecule has 2 aromatic rings. The fraction of sp³-hybridized carbons (Fsp3) is 0.0833. The molecular formula is C12H10ClN3O3S. The van der Waals surface area contributed by atoms with E-state index in [0.29, 0.717) is 21.3 Å². The van der Waals surface area contributed by atoms with E-state index in [4.69, 9.17) is 22.4 Å². The minimum Gasteiger partial charge on any atom is -0.476 e. The van der Waals surface area contributed by atoms with Crippen molar-refractivity contribution < 1.29 is 14.7 Å². The van der Waals surface area contributed by atoms with Gasteiger partial charge in [0.25, 0.3) is 5.91 Å². The predicted molar refractivity (Wildman–Crippen MR) is 76.1 cm³/mol. The zero-order chi connectivity index (χ0) is 14.7. The van der Waals surface area contributed by atoms with Crippen molar-refractivity contribution in [2.45, 2.75) is 6.54 Å². The largest absolute Gasteiger partial charge is 0.476 e. The number of anilines is 1.